The summed E-state index contributed by atoms with van der Waals surface area (Å²) in [6, 6.07) is 0. The SMILES string of the molecule is CCCCN1C[C@@H](C(=O)N(CC)CCCC)CC1=O. The highest BCUT2D eigenvalue weighted by molar-refractivity contribution is 5.89. The number of rotatable bonds is 8. The Hall–Kier alpha value is -1.06. The third-order valence-corrected chi connectivity index (χ3v) is 3.82. The maximum atomic E-state index is 12.4. The zero-order valence-corrected chi connectivity index (χ0v) is 12.7. The minimum absolute atomic E-state index is 0.110. The molecule has 1 rings (SSSR count). The van der Waals surface area contributed by atoms with E-state index in [9.17, 15) is 9.59 Å². The predicted octanol–water partition coefficient (Wildman–Crippen LogP) is 2.28. The molecule has 110 valence electrons. The van der Waals surface area contributed by atoms with Crippen molar-refractivity contribution in [2.45, 2.75) is 52.9 Å². The Bertz CT molecular complexity index is 305. The number of hydrogen-bond donors (Lipinski definition) is 0. The molecule has 1 heterocycles. The van der Waals surface area contributed by atoms with Crippen LogP contribution in [0.25, 0.3) is 0 Å². The van der Waals surface area contributed by atoms with Crippen molar-refractivity contribution in [3.8, 4) is 0 Å². The van der Waals surface area contributed by atoms with Gasteiger partial charge in [0.2, 0.25) is 11.8 Å². The molecule has 1 aliphatic rings. The van der Waals surface area contributed by atoms with Gasteiger partial charge in [-0.3, -0.25) is 9.59 Å². The first-order chi connectivity index (χ1) is 9.13. The molecule has 4 heteroatoms. The summed E-state index contributed by atoms with van der Waals surface area (Å²) < 4.78 is 0. The second kappa shape index (κ2) is 8.18. The van der Waals surface area contributed by atoms with Crippen LogP contribution in [0.1, 0.15) is 52.9 Å². The minimum Gasteiger partial charge on any atom is -0.343 e. The van der Waals surface area contributed by atoms with Crippen molar-refractivity contribution in [2.24, 2.45) is 5.92 Å². The number of hydrogen-bond acceptors (Lipinski definition) is 2. The number of carbonyl (C=O) groups excluding carboxylic acids is 2. The molecule has 2 amide bonds. The number of unbranched alkanes of at least 4 members (excludes halogenated alkanes) is 2. The zero-order valence-electron chi connectivity index (χ0n) is 12.7. The van der Waals surface area contributed by atoms with Gasteiger partial charge in [-0.15, -0.1) is 0 Å². The molecule has 4 nitrogen and oxygen atoms in total. The van der Waals surface area contributed by atoms with Crippen LogP contribution in [0.15, 0.2) is 0 Å². The molecule has 0 unspecified atom stereocenters. The molecule has 0 aromatic rings. The van der Waals surface area contributed by atoms with Crippen LogP contribution in [0.5, 0.6) is 0 Å². The average Bonchev–Trinajstić information content (AvgIpc) is 2.78. The first-order valence-electron chi connectivity index (χ1n) is 7.70. The molecule has 0 bridgehead atoms. The number of nitrogens with zero attached hydrogens (tertiary/aromatic N) is 2. The molecular formula is C15H28N2O2. The molecule has 1 saturated heterocycles. The average molecular weight is 268 g/mol. The number of amides is 2. The fraction of sp³-hybridized carbons (Fsp3) is 0.867. The molecule has 1 atom stereocenters. The van der Waals surface area contributed by atoms with Gasteiger partial charge in [-0.2, -0.15) is 0 Å². The van der Waals surface area contributed by atoms with Gasteiger partial charge in [0.15, 0.2) is 0 Å². The molecule has 0 aliphatic carbocycles. The predicted molar refractivity (Wildman–Crippen MR) is 76.8 cm³/mol. The van der Waals surface area contributed by atoms with Crippen LogP contribution in [-0.4, -0.2) is 47.8 Å². The topological polar surface area (TPSA) is 40.6 Å². The first kappa shape index (κ1) is 16.0. The van der Waals surface area contributed by atoms with Crippen LogP contribution in [0.2, 0.25) is 0 Å². The van der Waals surface area contributed by atoms with Crippen molar-refractivity contribution >= 4 is 11.8 Å². The summed E-state index contributed by atoms with van der Waals surface area (Å²) in [5.74, 6) is 0.211. The van der Waals surface area contributed by atoms with E-state index in [2.05, 4.69) is 13.8 Å². The molecule has 0 radical (unpaired) electrons. The van der Waals surface area contributed by atoms with Crippen molar-refractivity contribution in [3.05, 3.63) is 0 Å². The molecule has 0 aromatic heterocycles. The Labute approximate surface area is 117 Å². The number of carbonyl (C=O) groups is 2. The van der Waals surface area contributed by atoms with Gasteiger partial charge in [-0.25, -0.2) is 0 Å². The van der Waals surface area contributed by atoms with Crippen LogP contribution in [0.3, 0.4) is 0 Å². The summed E-state index contributed by atoms with van der Waals surface area (Å²) in [7, 11) is 0. The quantitative estimate of drug-likeness (QED) is 0.677. The van der Waals surface area contributed by atoms with E-state index in [0.29, 0.717) is 13.0 Å². The van der Waals surface area contributed by atoms with Gasteiger partial charge < -0.3 is 9.80 Å². The first-order valence-corrected chi connectivity index (χ1v) is 7.70. The van der Waals surface area contributed by atoms with E-state index in [1.807, 2.05) is 16.7 Å². The second-order valence-electron chi connectivity index (χ2n) is 5.37. The van der Waals surface area contributed by atoms with Gasteiger partial charge in [-0.05, 0) is 19.8 Å². The van der Waals surface area contributed by atoms with Crippen LogP contribution in [-0.2, 0) is 9.59 Å². The van der Waals surface area contributed by atoms with E-state index in [1.54, 1.807) is 0 Å². The summed E-state index contributed by atoms with van der Waals surface area (Å²) in [5, 5.41) is 0. The molecule has 0 aromatic carbocycles. The fourth-order valence-corrected chi connectivity index (χ4v) is 2.53. The summed E-state index contributed by atoms with van der Waals surface area (Å²) in [5.41, 5.74) is 0. The standard InChI is InChI=1S/C15H28N2O2/c1-4-7-9-16(6-3)15(19)13-11-14(18)17(12-13)10-8-5-2/h13H,4-12H2,1-3H3/t13-/m0/s1. The molecule has 1 aliphatic heterocycles. The molecule has 1 fully saturated rings. The van der Waals surface area contributed by atoms with Gasteiger partial charge in [0.05, 0.1) is 5.92 Å². The summed E-state index contributed by atoms with van der Waals surface area (Å²) >= 11 is 0. The van der Waals surface area contributed by atoms with Crippen molar-refractivity contribution in [1.82, 2.24) is 9.80 Å². The highest BCUT2D eigenvalue weighted by Gasteiger charge is 2.35. The Morgan fingerprint density at radius 3 is 2.53 bits per heavy atom. The monoisotopic (exact) mass is 268 g/mol. The van der Waals surface area contributed by atoms with E-state index in [4.69, 9.17) is 0 Å². The van der Waals surface area contributed by atoms with Crippen molar-refractivity contribution < 1.29 is 9.59 Å². The molecular weight excluding hydrogens is 240 g/mol. The second-order valence-corrected chi connectivity index (χ2v) is 5.37. The lowest BCUT2D eigenvalue weighted by molar-refractivity contribution is -0.135. The van der Waals surface area contributed by atoms with Crippen molar-refractivity contribution in [1.29, 1.82) is 0 Å². The molecule has 0 spiro atoms. The minimum atomic E-state index is -0.110. The largest absolute Gasteiger partial charge is 0.343 e. The normalized spacial score (nSPS) is 19.0. The highest BCUT2D eigenvalue weighted by Crippen LogP contribution is 2.20. The maximum absolute atomic E-state index is 12.4. The lowest BCUT2D eigenvalue weighted by atomic mass is 10.1. The summed E-state index contributed by atoms with van der Waals surface area (Å²) in [4.78, 5) is 28.0. The van der Waals surface area contributed by atoms with Crippen LogP contribution in [0.4, 0.5) is 0 Å². The smallest absolute Gasteiger partial charge is 0.227 e. The molecule has 0 N–H and O–H groups in total. The third-order valence-electron chi connectivity index (χ3n) is 3.82. The van der Waals surface area contributed by atoms with Gasteiger partial charge >= 0.3 is 0 Å². The van der Waals surface area contributed by atoms with Crippen LogP contribution in [0, 0.1) is 5.92 Å². The van der Waals surface area contributed by atoms with Gasteiger partial charge in [-0.1, -0.05) is 26.7 Å². The Morgan fingerprint density at radius 2 is 1.95 bits per heavy atom. The molecule has 19 heavy (non-hydrogen) atoms. The lowest BCUT2D eigenvalue weighted by Crippen LogP contribution is -2.38. The maximum Gasteiger partial charge on any atom is 0.227 e. The summed E-state index contributed by atoms with van der Waals surface area (Å²) in [6.07, 6.45) is 4.65. The van der Waals surface area contributed by atoms with Crippen LogP contribution >= 0.6 is 0 Å². The van der Waals surface area contributed by atoms with Gasteiger partial charge in [0.1, 0.15) is 0 Å². The van der Waals surface area contributed by atoms with E-state index in [0.717, 1.165) is 45.3 Å². The summed E-state index contributed by atoms with van der Waals surface area (Å²) in [6.45, 7) is 9.26. The number of likely N-dealkylation sites (tertiary alicyclic amines) is 1. The van der Waals surface area contributed by atoms with Crippen LogP contribution < -0.4 is 0 Å². The van der Waals surface area contributed by atoms with E-state index >= 15 is 0 Å². The Kier molecular flexibility index (Phi) is 6.89. The van der Waals surface area contributed by atoms with E-state index in [1.165, 1.54) is 0 Å². The van der Waals surface area contributed by atoms with Crippen molar-refractivity contribution in [2.75, 3.05) is 26.2 Å². The van der Waals surface area contributed by atoms with Crippen molar-refractivity contribution in [3.63, 3.8) is 0 Å². The highest BCUT2D eigenvalue weighted by atomic mass is 16.2. The Balaban J connectivity index is 2.51. The zero-order chi connectivity index (χ0) is 14.3. The lowest BCUT2D eigenvalue weighted by Gasteiger charge is -2.24. The Morgan fingerprint density at radius 1 is 1.26 bits per heavy atom. The fourth-order valence-electron chi connectivity index (χ4n) is 2.53. The third kappa shape index (κ3) is 4.51. The van der Waals surface area contributed by atoms with E-state index < -0.39 is 0 Å². The van der Waals surface area contributed by atoms with Gasteiger partial charge in [0.25, 0.3) is 0 Å². The van der Waals surface area contributed by atoms with E-state index in [-0.39, 0.29) is 17.7 Å². The van der Waals surface area contributed by atoms with Gasteiger partial charge in [0, 0.05) is 32.6 Å². The molecule has 0 saturated carbocycles.